The van der Waals surface area contributed by atoms with E-state index in [0.29, 0.717) is 21.2 Å². The average Bonchev–Trinajstić information content (AvgIpc) is 3.26. The molecule has 5 nitrogen and oxygen atoms in total. The Labute approximate surface area is 260 Å². The van der Waals surface area contributed by atoms with E-state index in [-0.39, 0.29) is 4.90 Å². The van der Waals surface area contributed by atoms with Crippen LogP contribution in [0.1, 0.15) is 111 Å². The third-order valence-corrected chi connectivity index (χ3v) is 13.7. The Hall–Kier alpha value is -1.31. The molecule has 4 aliphatic carbocycles. The average molecular weight is 617 g/mol. The normalized spacial score (nSPS) is 34.8. The lowest BCUT2D eigenvalue weighted by Gasteiger charge is -2.58. The molecule has 236 valence electrons. The van der Waals surface area contributed by atoms with Crippen molar-refractivity contribution in [3.63, 3.8) is 0 Å². The molecule has 0 spiro atoms. The maximum atomic E-state index is 10.5. The fraction of sp³-hybridized carbons (Fsp3) is 0.743. The fourth-order valence-corrected chi connectivity index (χ4v) is 11.0. The number of allylic oxidation sites excluding steroid dienone is 2. The Bertz CT molecular complexity index is 1230. The van der Waals surface area contributed by atoms with E-state index in [1.54, 1.807) is 29.5 Å². The fourth-order valence-electron chi connectivity index (χ4n) is 9.64. The molecule has 1 aromatic rings. The third kappa shape index (κ3) is 7.31. The van der Waals surface area contributed by atoms with Crippen molar-refractivity contribution >= 4 is 27.0 Å². The summed E-state index contributed by atoms with van der Waals surface area (Å²) < 4.78 is 29.6. The first kappa shape index (κ1) is 33.6. The van der Waals surface area contributed by atoms with Crippen molar-refractivity contribution in [2.24, 2.45) is 52.1 Å². The number of nitrogens with two attached hydrogens (primary N) is 1. The van der Waals surface area contributed by atoms with Gasteiger partial charge < -0.3 is 5.73 Å². The molecule has 4 N–H and O–H groups in total. The van der Waals surface area contributed by atoms with Gasteiger partial charge in [0.05, 0.1) is 4.90 Å². The van der Waals surface area contributed by atoms with Crippen LogP contribution in [-0.4, -0.2) is 23.4 Å². The molecule has 5 rings (SSSR count). The van der Waals surface area contributed by atoms with Gasteiger partial charge in [0.25, 0.3) is 10.1 Å². The summed E-state index contributed by atoms with van der Waals surface area (Å²) in [4.78, 5) is -0.0666. The summed E-state index contributed by atoms with van der Waals surface area (Å²) in [5.41, 5.74) is 9.39. The minimum Gasteiger partial charge on any atom is -0.379 e. The largest absolute Gasteiger partial charge is 0.379 e. The summed E-state index contributed by atoms with van der Waals surface area (Å²) in [6, 6.07) is 5.99. The highest BCUT2D eigenvalue weighted by Gasteiger charge is 2.59. The van der Waals surface area contributed by atoms with Crippen LogP contribution in [0.3, 0.4) is 0 Å². The molecule has 0 radical (unpaired) electrons. The minimum absolute atomic E-state index is 0.0666. The van der Waals surface area contributed by atoms with Crippen molar-refractivity contribution in [1.82, 2.24) is 0 Å². The smallest absolute Gasteiger partial charge is 0.294 e. The van der Waals surface area contributed by atoms with E-state index in [1.807, 2.05) is 6.92 Å². The zero-order valence-electron chi connectivity index (χ0n) is 26.9. The van der Waals surface area contributed by atoms with Crippen LogP contribution in [-0.2, 0) is 10.1 Å². The van der Waals surface area contributed by atoms with Crippen molar-refractivity contribution in [2.45, 2.75) is 122 Å². The maximum Gasteiger partial charge on any atom is 0.294 e. The van der Waals surface area contributed by atoms with E-state index in [1.165, 1.54) is 82.8 Å². The molecule has 7 heteroatoms. The van der Waals surface area contributed by atoms with Crippen LogP contribution in [0, 0.1) is 58.7 Å². The van der Waals surface area contributed by atoms with Crippen LogP contribution >= 0.6 is 11.8 Å². The summed E-state index contributed by atoms with van der Waals surface area (Å²) in [5, 5.41) is 8.53. The van der Waals surface area contributed by atoms with Gasteiger partial charge in [-0.25, -0.2) is 0 Å². The lowest BCUT2D eigenvalue weighted by Crippen LogP contribution is -2.50. The first-order valence-electron chi connectivity index (χ1n) is 16.4. The minimum atomic E-state index is -4.02. The zero-order valence-corrected chi connectivity index (χ0v) is 28.5. The second-order valence-electron chi connectivity index (χ2n) is 14.9. The second kappa shape index (κ2) is 13.4. The molecule has 1 aromatic carbocycles. The van der Waals surface area contributed by atoms with Gasteiger partial charge in [-0.3, -0.25) is 9.96 Å². The molecule has 0 heterocycles. The zero-order chi connectivity index (χ0) is 30.9. The molecule has 42 heavy (non-hydrogen) atoms. The molecule has 0 amide bonds. The highest BCUT2D eigenvalue weighted by atomic mass is 32.2. The maximum absolute atomic E-state index is 10.5. The van der Waals surface area contributed by atoms with E-state index in [0.717, 1.165) is 41.1 Å². The number of hydrogen-bond donors (Lipinski definition) is 3. The molecular formula is C35H56N2O3S2. The van der Waals surface area contributed by atoms with Gasteiger partial charge in [-0.1, -0.05) is 95.0 Å². The second-order valence-corrected chi connectivity index (χ2v) is 17.7. The lowest BCUT2D eigenvalue weighted by atomic mass is 9.47. The van der Waals surface area contributed by atoms with E-state index < -0.39 is 10.1 Å². The van der Waals surface area contributed by atoms with E-state index in [4.69, 9.17) is 15.7 Å². The Morgan fingerprint density at radius 1 is 1.05 bits per heavy atom. The van der Waals surface area contributed by atoms with Crippen molar-refractivity contribution < 1.29 is 13.0 Å². The molecule has 3 saturated carbocycles. The number of hydrogen-bond acceptors (Lipinski definition) is 4. The molecule has 3 fully saturated rings. The quantitative estimate of drug-likeness (QED) is 0.123. The molecular weight excluding hydrogens is 561 g/mol. The molecule has 0 saturated heterocycles. The highest BCUT2D eigenvalue weighted by Crippen LogP contribution is 2.67. The summed E-state index contributed by atoms with van der Waals surface area (Å²) in [6.45, 7) is 14.5. The number of thioether (sulfide) groups is 1. The first-order valence-corrected chi connectivity index (χ1v) is 18.7. The van der Waals surface area contributed by atoms with Crippen LogP contribution < -0.4 is 5.73 Å². The summed E-state index contributed by atoms with van der Waals surface area (Å²) in [5.74, 6) is 5.45. The Morgan fingerprint density at radius 3 is 2.36 bits per heavy atom. The number of fused-ring (bicyclic) bond motifs is 5. The Kier molecular flexibility index (Phi) is 10.7. The van der Waals surface area contributed by atoms with Crippen LogP contribution in [0.15, 0.2) is 40.8 Å². The summed E-state index contributed by atoms with van der Waals surface area (Å²) in [6.07, 6.45) is 17.8. The van der Waals surface area contributed by atoms with Gasteiger partial charge in [-0.05, 0) is 117 Å². The molecule has 0 bridgehead atoms. The first-order chi connectivity index (χ1) is 19.6. The number of aryl methyl sites for hydroxylation is 1. The predicted molar refractivity (Wildman–Crippen MR) is 177 cm³/mol. The Balaban J connectivity index is 0.000000310. The molecule has 4 aliphatic rings. The Morgan fingerprint density at radius 2 is 1.74 bits per heavy atom. The van der Waals surface area contributed by atoms with Gasteiger partial charge in [0.15, 0.2) is 5.17 Å². The topological polar surface area (TPSA) is 104 Å². The lowest BCUT2D eigenvalue weighted by molar-refractivity contribution is -0.0497. The van der Waals surface area contributed by atoms with Crippen LogP contribution in [0.4, 0.5) is 0 Å². The van der Waals surface area contributed by atoms with Crippen molar-refractivity contribution in [3.05, 3.63) is 41.5 Å². The number of amidine groups is 1. The molecule has 0 aromatic heterocycles. The van der Waals surface area contributed by atoms with Crippen LogP contribution in [0.2, 0.25) is 0 Å². The van der Waals surface area contributed by atoms with Crippen LogP contribution in [0.5, 0.6) is 0 Å². The van der Waals surface area contributed by atoms with Gasteiger partial charge in [0, 0.05) is 5.25 Å². The van der Waals surface area contributed by atoms with E-state index >= 15 is 0 Å². The SMILES string of the molecule is CC(C)CCC[C@@H](C)[C@H]1CC[C@H]2[C@@H]3CC=C4CC(SC(=N)N)CC[C@]4(C)[C@H]3CC[C@]12C.Cc1ccc(S(=O)(=O)O)cc1. The van der Waals surface area contributed by atoms with E-state index in [9.17, 15) is 8.42 Å². The van der Waals surface area contributed by atoms with Gasteiger partial charge in [-0.2, -0.15) is 8.42 Å². The van der Waals surface area contributed by atoms with Gasteiger partial charge in [-0.15, -0.1) is 0 Å². The van der Waals surface area contributed by atoms with E-state index in [2.05, 4.69) is 40.7 Å². The van der Waals surface area contributed by atoms with Crippen molar-refractivity contribution in [2.75, 3.05) is 0 Å². The van der Waals surface area contributed by atoms with Crippen LogP contribution in [0.25, 0.3) is 0 Å². The molecule has 0 aliphatic heterocycles. The molecule has 8 atom stereocenters. The predicted octanol–water partition coefficient (Wildman–Crippen LogP) is 9.26. The monoisotopic (exact) mass is 616 g/mol. The number of benzene rings is 1. The summed E-state index contributed by atoms with van der Waals surface area (Å²) >= 11 is 1.61. The number of nitrogens with one attached hydrogen (secondary N) is 1. The van der Waals surface area contributed by atoms with Gasteiger partial charge in [0.1, 0.15) is 0 Å². The standard InChI is InChI=1S/C28H48N2S.C7H8O3S/c1-18(2)7-6-8-19(3)23-11-12-24-22-10-9-20-17-21(31-26(29)30)13-15-27(20,4)25(22)14-16-28(23,24)5;1-6-2-4-7(5-3-6)11(8,9)10/h9,18-19,21-25H,6-8,10-17H2,1-5H3,(H3,29,30);2-5H,1H3,(H,8,9,10)/t19-,21?,22+,23-,24+,25+,27+,28-;/m1./s1. The van der Waals surface area contributed by atoms with Crippen molar-refractivity contribution in [3.8, 4) is 0 Å². The molecule has 1 unspecified atom stereocenters. The highest BCUT2D eigenvalue weighted by molar-refractivity contribution is 8.14. The third-order valence-electron chi connectivity index (χ3n) is 11.9. The van der Waals surface area contributed by atoms with Crippen molar-refractivity contribution in [1.29, 1.82) is 5.41 Å². The van der Waals surface area contributed by atoms with Gasteiger partial charge >= 0.3 is 0 Å². The summed E-state index contributed by atoms with van der Waals surface area (Å²) in [7, 11) is -4.02. The number of rotatable bonds is 7. The van der Waals surface area contributed by atoms with Gasteiger partial charge in [0.2, 0.25) is 0 Å².